The lowest BCUT2D eigenvalue weighted by molar-refractivity contribution is 0.0652. The normalized spacial score (nSPS) is 20.4. The summed E-state index contributed by atoms with van der Waals surface area (Å²) < 4.78 is 11.3. The second-order valence-corrected chi connectivity index (χ2v) is 7.62. The molecule has 0 saturated carbocycles. The highest BCUT2D eigenvalue weighted by Gasteiger charge is 2.37. The Balaban J connectivity index is 1.72. The minimum absolute atomic E-state index is 0.00229. The molecule has 1 aliphatic rings. The number of aromatic nitrogens is 3. The Hall–Kier alpha value is -2.41. The first-order chi connectivity index (χ1) is 12.4. The molecular formula is C19H26N4O3. The number of pyridine rings is 1. The van der Waals surface area contributed by atoms with Crippen LogP contribution in [-0.2, 0) is 10.2 Å². The zero-order valence-electron chi connectivity index (χ0n) is 15.7. The number of methoxy groups -OCH3 is 1. The van der Waals surface area contributed by atoms with E-state index >= 15 is 0 Å². The number of rotatable bonds is 5. The van der Waals surface area contributed by atoms with Crippen LogP contribution in [0.2, 0.25) is 0 Å². The van der Waals surface area contributed by atoms with Crippen LogP contribution < -0.4 is 4.74 Å². The first kappa shape index (κ1) is 18.4. The monoisotopic (exact) mass is 358 g/mol. The molecule has 0 aromatic carbocycles. The molecule has 0 bridgehead atoms. The second-order valence-electron chi connectivity index (χ2n) is 7.62. The molecule has 0 spiro atoms. The number of nitrogens with zero attached hydrogens (tertiary/aromatic N) is 3. The summed E-state index contributed by atoms with van der Waals surface area (Å²) >= 11 is 0. The number of carbonyl (C=O) groups is 1. The number of carbonyl (C=O) groups excluding carboxylic acids is 1. The summed E-state index contributed by atoms with van der Waals surface area (Å²) in [6.45, 7) is 7.17. The molecule has 3 rings (SSSR count). The number of aromatic amines is 1. The van der Waals surface area contributed by atoms with E-state index < -0.39 is 0 Å². The van der Waals surface area contributed by atoms with Crippen LogP contribution in [0.4, 0.5) is 0 Å². The Morgan fingerprint density at radius 2 is 2.23 bits per heavy atom. The average molecular weight is 358 g/mol. The standard InChI is InChI=1S/C19H26N4O3/c1-19(2,3)17-9-16(21-22-17)18(24)23-11-15(25-4)8-13(23)12-26-14-6-5-7-20-10-14/h5-7,9-10,13,15H,8,11-12H2,1-4H3,(H,21,22)/t13-,15+/m0/s1. The van der Waals surface area contributed by atoms with Crippen LogP contribution in [0.15, 0.2) is 30.6 Å². The van der Waals surface area contributed by atoms with Gasteiger partial charge >= 0.3 is 0 Å². The van der Waals surface area contributed by atoms with Gasteiger partial charge in [0.05, 0.1) is 18.3 Å². The van der Waals surface area contributed by atoms with E-state index in [1.54, 1.807) is 24.4 Å². The maximum absolute atomic E-state index is 13.0. The molecule has 3 heterocycles. The van der Waals surface area contributed by atoms with Crippen LogP contribution in [-0.4, -0.2) is 58.4 Å². The van der Waals surface area contributed by atoms with E-state index in [1.165, 1.54) is 0 Å². The molecule has 2 aromatic rings. The first-order valence-electron chi connectivity index (χ1n) is 8.81. The fraction of sp³-hybridized carbons (Fsp3) is 0.526. The van der Waals surface area contributed by atoms with Gasteiger partial charge in [-0.25, -0.2) is 0 Å². The molecule has 26 heavy (non-hydrogen) atoms. The van der Waals surface area contributed by atoms with Gasteiger partial charge in [0.1, 0.15) is 18.1 Å². The molecule has 1 amide bonds. The second kappa shape index (κ2) is 7.45. The van der Waals surface area contributed by atoms with Gasteiger partial charge in [-0.05, 0) is 24.6 Å². The summed E-state index contributed by atoms with van der Waals surface area (Å²) in [6.07, 6.45) is 4.10. The Kier molecular flexibility index (Phi) is 5.27. The minimum atomic E-state index is -0.101. The van der Waals surface area contributed by atoms with Gasteiger partial charge in [-0.15, -0.1) is 0 Å². The molecular weight excluding hydrogens is 332 g/mol. The zero-order chi connectivity index (χ0) is 18.7. The van der Waals surface area contributed by atoms with Crippen molar-refractivity contribution in [1.82, 2.24) is 20.1 Å². The maximum Gasteiger partial charge on any atom is 0.274 e. The predicted molar refractivity (Wildman–Crippen MR) is 97.3 cm³/mol. The molecule has 7 heteroatoms. The first-order valence-corrected chi connectivity index (χ1v) is 8.81. The van der Waals surface area contributed by atoms with Crippen molar-refractivity contribution in [3.8, 4) is 5.75 Å². The van der Waals surface area contributed by atoms with Crippen molar-refractivity contribution in [1.29, 1.82) is 0 Å². The van der Waals surface area contributed by atoms with Crippen molar-refractivity contribution >= 4 is 5.91 Å². The fourth-order valence-corrected chi connectivity index (χ4v) is 3.04. The van der Waals surface area contributed by atoms with Crippen LogP contribution in [0.5, 0.6) is 5.75 Å². The molecule has 0 aliphatic carbocycles. The van der Waals surface area contributed by atoms with Gasteiger partial charge < -0.3 is 14.4 Å². The van der Waals surface area contributed by atoms with E-state index in [2.05, 4.69) is 36.0 Å². The summed E-state index contributed by atoms with van der Waals surface area (Å²) in [5.74, 6) is 0.589. The molecule has 2 aromatic heterocycles. The highest BCUT2D eigenvalue weighted by atomic mass is 16.5. The Morgan fingerprint density at radius 1 is 1.42 bits per heavy atom. The summed E-state index contributed by atoms with van der Waals surface area (Å²) in [7, 11) is 1.67. The molecule has 1 aliphatic heterocycles. The van der Waals surface area contributed by atoms with E-state index in [4.69, 9.17) is 9.47 Å². The Morgan fingerprint density at radius 3 is 2.85 bits per heavy atom. The lowest BCUT2D eigenvalue weighted by Crippen LogP contribution is -2.39. The van der Waals surface area contributed by atoms with Gasteiger partial charge in [0.25, 0.3) is 5.91 Å². The van der Waals surface area contributed by atoms with Crippen molar-refractivity contribution in [2.75, 3.05) is 20.3 Å². The molecule has 1 saturated heterocycles. The quantitative estimate of drug-likeness (QED) is 0.888. The summed E-state index contributed by atoms with van der Waals surface area (Å²) in [5.41, 5.74) is 1.28. The van der Waals surface area contributed by atoms with Crippen molar-refractivity contribution in [3.05, 3.63) is 42.0 Å². The Bertz CT molecular complexity index is 739. The van der Waals surface area contributed by atoms with Crippen LogP contribution in [0, 0.1) is 0 Å². The average Bonchev–Trinajstić information content (AvgIpc) is 3.27. The van der Waals surface area contributed by atoms with Crippen molar-refractivity contribution in [2.24, 2.45) is 0 Å². The van der Waals surface area contributed by atoms with Crippen molar-refractivity contribution in [2.45, 2.75) is 44.8 Å². The summed E-state index contributed by atoms with van der Waals surface area (Å²) in [6, 6.07) is 5.44. The Labute approximate surface area is 153 Å². The van der Waals surface area contributed by atoms with E-state index in [9.17, 15) is 4.79 Å². The maximum atomic E-state index is 13.0. The molecule has 140 valence electrons. The lowest BCUT2D eigenvalue weighted by Gasteiger charge is -2.23. The summed E-state index contributed by atoms with van der Waals surface area (Å²) in [4.78, 5) is 18.8. The third-order valence-electron chi connectivity index (χ3n) is 4.65. The van der Waals surface area contributed by atoms with E-state index in [-0.39, 0.29) is 23.5 Å². The number of hydrogen-bond acceptors (Lipinski definition) is 5. The predicted octanol–water partition coefficient (Wildman–Crippen LogP) is 2.41. The van der Waals surface area contributed by atoms with Crippen LogP contribution in [0.1, 0.15) is 43.4 Å². The van der Waals surface area contributed by atoms with E-state index in [0.29, 0.717) is 24.6 Å². The topological polar surface area (TPSA) is 80.3 Å². The van der Waals surface area contributed by atoms with Crippen molar-refractivity contribution in [3.63, 3.8) is 0 Å². The van der Waals surface area contributed by atoms with Gasteiger partial charge in [-0.1, -0.05) is 20.8 Å². The minimum Gasteiger partial charge on any atom is -0.490 e. The third-order valence-corrected chi connectivity index (χ3v) is 4.65. The molecule has 0 unspecified atom stereocenters. The summed E-state index contributed by atoms with van der Waals surface area (Å²) in [5, 5.41) is 7.20. The van der Waals surface area contributed by atoms with Crippen LogP contribution in [0.25, 0.3) is 0 Å². The highest BCUT2D eigenvalue weighted by Crippen LogP contribution is 2.25. The number of amides is 1. The van der Waals surface area contributed by atoms with Crippen molar-refractivity contribution < 1.29 is 14.3 Å². The van der Waals surface area contributed by atoms with Gasteiger partial charge in [0.15, 0.2) is 0 Å². The molecule has 0 radical (unpaired) electrons. The van der Waals surface area contributed by atoms with Gasteiger partial charge in [-0.3, -0.25) is 14.9 Å². The van der Waals surface area contributed by atoms with Gasteiger partial charge in [-0.2, -0.15) is 5.10 Å². The number of ether oxygens (including phenoxy) is 2. The largest absolute Gasteiger partial charge is 0.490 e. The van der Waals surface area contributed by atoms with E-state index in [1.807, 2.05) is 18.2 Å². The molecule has 7 nitrogen and oxygen atoms in total. The van der Waals surface area contributed by atoms with Gasteiger partial charge in [0, 0.05) is 31.0 Å². The van der Waals surface area contributed by atoms with E-state index in [0.717, 1.165) is 12.1 Å². The molecule has 1 N–H and O–H groups in total. The smallest absolute Gasteiger partial charge is 0.274 e. The number of nitrogens with one attached hydrogen (secondary N) is 1. The molecule has 1 fully saturated rings. The van der Waals surface area contributed by atoms with Gasteiger partial charge in [0.2, 0.25) is 0 Å². The number of hydrogen-bond donors (Lipinski definition) is 1. The number of H-pyrrole nitrogens is 1. The fourth-order valence-electron chi connectivity index (χ4n) is 3.04. The lowest BCUT2D eigenvalue weighted by atomic mass is 9.92. The highest BCUT2D eigenvalue weighted by molar-refractivity contribution is 5.93. The van der Waals surface area contributed by atoms with Crippen LogP contribution >= 0.6 is 0 Å². The molecule has 2 atom stereocenters. The van der Waals surface area contributed by atoms with Crippen LogP contribution in [0.3, 0.4) is 0 Å². The third kappa shape index (κ3) is 4.04. The SMILES string of the molecule is CO[C@@H]1C[C@@H](COc2cccnc2)N(C(=O)c2cc(C(C)(C)C)[nH]n2)C1. The zero-order valence-corrected chi connectivity index (χ0v) is 15.7. The number of likely N-dealkylation sites (tertiary alicyclic amines) is 1.